The molecule has 3 N–H and O–H groups in total. The number of anilines is 1. The highest BCUT2D eigenvalue weighted by Crippen LogP contribution is 2.26. The van der Waals surface area contributed by atoms with Crippen LogP contribution in [0.3, 0.4) is 0 Å². The monoisotopic (exact) mass is 329 g/mol. The molecule has 1 aromatic carbocycles. The maximum absolute atomic E-state index is 13.2. The standard InChI is InChI=1S/C13H13ClFN3O2S/c1-8-6-17-3-2-9(8)7-18-21(19,20)13-5-12(16)11(15)4-10(13)14/h2-6,18H,7,16H2,1H3. The molecule has 1 aromatic heterocycles. The molecule has 0 unspecified atom stereocenters. The minimum Gasteiger partial charge on any atom is -0.396 e. The summed E-state index contributed by atoms with van der Waals surface area (Å²) in [6, 6.07) is 3.58. The van der Waals surface area contributed by atoms with Crippen LogP contribution in [0, 0.1) is 12.7 Å². The van der Waals surface area contributed by atoms with Gasteiger partial charge in [-0.05, 0) is 36.2 Å². The predicted molar refractivity (Wildman–Crippen MR) is 78.8 cm³/mol. The summed E-state index contributed by atoms with van der Waals surface area (Å²) >= 11 is 5.77. The third-order valence-electron chi connectivity index (χ3n) is 2.93. The smallest absolute Gasteiger partial charge is 0.242 e. The molecule has 21 heavy (non-hydrogen) atoms. The second kappa shape index (κ2) is 5.97. The highest BCUT2D eigenvalue weighted by atomic mass is 35.5. The van der Waals surface area contributed by atoms with Crippen LogP contribution >= 0.6 is 11.6 Å². The van der Waals surface area contributed by atoms with Crippen molar-refractivity contribution in [3.63, 3.8) is 0 Å². The fourth-order valence-electron chi connectivity index (χ4n) is 1.70. The average molecular weight is 330 g/mol. The van der Waals surface area contributed by atoms with E-state index in [1.54, 1.807) is 18.5 Å². The zero-order chi connectivity index (χ0) is 15.6. The van der Waals surface area contributed by atoms with Gasteiger partial charge in [0.05, 0.1) is 10.7 Å². The van der Waals surface area contributed by atoms with Gasteiger partial charge in [-0.25, -0.2) is 17.5 Å². The van der Waals surface area contributed by atoms with Crippen LogP contribution in [0.2, 0.25) is 5.02 Å². The minimum absolute atomic E-state index is 0.0737. The first-order chi connectivity index (χ1) is 9.81. The number of benzene rings is 1. The first kappa shape index (κ1) is 15.7. The zero-order valence-electron chi connectivity index (χ0n) is 11.1. The quantitative estimate of drug-likeness (QED) is 0.842. The van der Waals surface area contributed by atoms with Gasteiger partial charge in [-0.15, -0.1) is 0 Å². The van der Waals surface area contributed by atoms with Crippen molar-refractivity contribution in [2.75, 3.05) is 5.73 Å². The first-order valence-electron chi connectivity index (χ1n) is 5.95. The number of sulfonamides is 1. The van der Waals surface area contributed by atoms with E-state index in [0.29, 0.717) is 0 Å². The van der Waals surface area contributed by atoms with Gasteiger partial charge in [0.2, 0.25) is 10.0 Å². The van der Waals surface area contributed by atoms with Gasteiger partial charge in [-0.3, -0.25) is 4.98 Å². The normalized spacial score (nSPS) is 11.6. The van der Waals surface area contributed by atoms with Crippen molar-refractivity contribution in [3.05, 3.63) is 52.6 Å². The summed E-state index contributed by atoms with van der Waals surface area (Å²) in [6.45, 7) is 1.89. The van der Waals surface area contributed by atoms with E-state index in [4.69, 9.17) is 17.3 Å². The lowest BCUT2D eigenvalue weighted by Gasteiger charge is -2.10. The highest BCUT2D eigenvalue weighted by Gasteiger charge is 2.20. The number of hydrogen-bond donors (Lipinski definition) is 2. The van der Waals surface area contributed by atoms with Crippen LogP contribution in [-0.4, -0.2) is 13.4 Å². The Balaban J connectivity index is 2.27. The molecule has 0 saturated heterocycles. The Morgan fingerprint density at radius 3 is 2.81 bits per heavy atom. The number of nitrogens with one attached hydrogen (secondary N) is 1. The molecule has 112 valence electrons. The maximum atomic E-state index is 13.2. The Bertz CT molecular complexity index is 781. The molecule has 0 saturated carbocycles. The Hall–Kier alpha value is -1.70. The number of nitrogen functional groups attached to an aromatic ring is 1. The van der Waals surface area contributed by atoms with Crippen molar-refractivity contribution < 1.29 is 12.8 Å². The molecule has 0 amide bonds. The van der Waals surface area contributed by atoms with Gasteiger partial charge in [0, 0.05) is 18.9 Å². The van der Waals surface area contributed by atoms with E-state index in [1.807, 2.05) is 6.92 Å². The van der Waals surface area contributed by atoms with E-state index in [0.717, 1.165) is 23.3 Å². The number of aryl methyl sites for hydroxylation is 1. The number of nitrogens with zero attached hydrogens (tertiary/aromatic N) is 1. The molecule has 0 aliphatic heterocycles. The summed E-state index contributed by atoms with van der Waals surface area (Å²) in [5.74, 6) is -0.760. The Morgan fingerprint density at radius 1 is 1.43 bits per heavy atom. The van der Waals surface area contributed by atoms with E-state index >= 15 is 0 Å². The van der Waals surface area contributed by atoms with Crippen molar-refractivity contribution in [1.82, 2.24) is 9.71 Å². The summed E-state index contributed by atoms with van der Waals surface area (Å²) in [7, 11) is -3.89. The van der Waals surface area contributed by atoms with E-state index < -0.39 is 15.8 Å². The molecule has 2 aromatic rings. The maximum Gasteiger partial charge on any atom is 0.242 e. The predicted octanol–water partition coefficient (Wildman–Crippen LogP) is 2.24. The van der Waals surface area contributed by atoms with Crippen molar-refractivity contribution in [2.45, 2.75) is 18.4 Å². The molecule has 0 fully saturated rings. The lowest BCUT2D eigenvalue weighted by molar-refractivity contribution is 0.580. The third kappa shape index (κ3) is 3.49. The molecule has 0 atom stereocenters. The fraction of sp³-hybridized carbons (Fsp3) is 0.154. The van der Waals surface area contributed by atoms with Crippen LogP contribution < -0.4 is 10.5 Å². The molecule has 0 aliphatic rings. The summed E-state index contributed by atoms with van der Waals surface area (Å²) in [5.41, 5.74) is 6.73. The van der Waals surface area contributed by atoms with Gasteiger partial charge >= 0.3 is 0 Å². The summed E-state index contributed by atoms with van der Waals surface area (Å²) < 4.78 is 40.0. The van der Waals surface area contributed by atoms with Gasteiger partial charge in [0.25, 0.3) is 0 Å². The Kier molecular flexibility index (Phi) is 4.46. The van der Waals surface area contributed by atoms with E-state index in [9.17, 15) is 12.8 Å². The van der Waals surface area contributed by atoms with E-state index in [2.05, 4.69) is 9.71 Å². The number of aromatic nitrogens is 1. The number of hydrogen-bond acceptors (Lipinski definition) is 4. The van der Waals surface area contributed by atoms with Crippen LogP contribution in [0.15, 0.2) is 35.5 Å². The first-order valence-corrected chi connectivity index (χ1v) is 7.81. The van der Waals surface area contributed by atoms with Gasteiger partial charge in [-0.1, -0.05) is 11.6 Å². The largest absolute Gasteiger partial charge is 0.396 e. The molecule has 1 heterocycles. The molecule has 0 aliphatic carbocycles. The summed E-state index contributed by atoms with van der Waals surface area (Å²) in [5, 5.41) is -0.222. The zero-order valence-corrected chi connectivity index (χ0v) is 12.7. The van der Waals surface area contributed by atoms with Crippen molar-refractivity contribution >= 4 is 27.3 Å². The fourth-order valence-corrected chi connectivity index (χ4v) is 3.26. The number of halogens is 2. The molecular weight excluding hydrogens is 317 g/mol. The second-order valence-electron chi connectivity index (χ2n) is 4.43. The number of pyridine rings is 1. The molecule has 8 heteroatoms. The number of nitrogens with two attached hydrogens (primary N) is 1. The highest BCUT2D eigenvalue weighted by molar-refractivity contribution is 7.89. The summed E-state index contributed by atoms with van der Waals surface area (Å²) in [4.78, 5) is 3.67. The number of rotatable bonds is 4. The molecular formula is C13H13ClFN3O2S. The van der Waals surface area contributed by atoms with Crippen LogP contribution in [-0.2, 0) is 16.6 Å². The topological polar surface area (TPSA) is 85.1 Å². The average Bonchev–Trinajstić information content (AvgIpc) is 2.42. The molecule has 0 bridgehead atoms. The SMILES string of the molecule is Cc1cnccc1CNS(=O)(=O)c1cc(N)c(F)cc1Cl. The van der Waals surface area contributed by atoms with Gasteiger partial charge < -0.3 is 5.73 Å². The second-order valence-corrected chi connectivity index (χ2v) is 6.57. The molecule has 5 nitrogen and oxygen atoms in total. The van der Waals surface area contributed by atoms with Crippen LogP contribution in [0.4, 0.5) is 10.1 Å². The van der Waals surface area contributed by atoms with Crippen molar-refractivity contribution in [3.8, 4) is 0 Å². The Morgan fingerprint density at radius 2 is 2.14 bits per heavy atom. The molecule has 2 rings (SSSR count). The lowest BCUT2D eigenvalue weighted by Crippen LogP contribution is -2.24. The van der Waals surface area contributed by atoms with E-state index in [1.165, 1.54) is 0 Å². The van der Waals surface area contributed by atoms with Crippen LogP contribution in [0.1, 0.15) is 11.1 Å². The molecule has 0 radical (unpaired) electrons. The van der Waals surface area contributed by atoms with E-state index in [-0.39, 0.29) is 22.2 Å². The van der Waals surface area contributed by atoms with Crippen LogP contribution in [0.5, 0.6) is 0 Å². The van der Waals surface area contributed by atoms with Crippen molar-refractivity contribution in [1.29, 1.82) is 0 Å². The lowest BCUT2D eigenvalue weighted by atomic mass is 10.2. The molecule has 0 spiro atoms. The minimum atomic E-state index is -3.89. The Labute approximate surface area is 127 Å². The van der Waals surface area contributed by atoms with Gasteiger partial charge in [0.1, 0.15) is 10.7 Å². The van der Waals surface area contributed by atoms with Crippen LogP contribution in [0.25, 0.3) is 0 Å². The van der Waals surface area contributed by atoms with Gasteiger partial charge in [0.15, 0.2) is 0 Å². The third-order valence-corrected chi connectivity index (χ3v) is 4.80. The summed E-state index contributed by atoms with van der Waals surface area (Å²) in [6.07, 6.45) is 3.20. The van der Waals surface area contributed by atoms with Gasteiger partial charge in [-0.2, -0.15) is 0 Å². The van der Waals surface area contributed by atoms with Crippen molar-refractivity contribution in [2.24, 2.45) is 0 Å².